The summed E-state index contributed by atoms with van der Waals surface area (Å²) in [5, 5.41) is 3.33. The zero-order chi connectivity index (χ0) is 17.0. The standard InChI is InChI=1S/C17H26N2O4/c1-17(2,3)23-16(20)19-9-8-18-11-13(19)12-6-7-14(21-4)15(10-12)22-5/h6-7,10,13,18H,8-9,11H2,1-5H3/t13-/m1/s1. The maximum atomic E-state index is 12.5. The number of hydrogen-bond donors (Lipinski definition) is 1. The molecule has 1 atom stereocenters. The van der Waals surface area contributed by atoms with Crippen LogP contribution in [0, 0.1) is 0 Å². The normalized spacial score (nSPS) is 18.5. The number of rotatable bonds is 3. The Bertz CT molecular complexity index is 554. The summed E-state index contributed by atoms with van der Waals surface area (Å²) in [6.45, 7) is 7.65. The quantitative estimate of drug-likeness (QED) is 0.927. The second-order valence-corrected chi connectivity index (χ2v) is 6.51. The Hall–Kier alpha value is -1.95. The summed E-state index contributed by atoms with van der Waals surface area (Å²) >= 11 is 0. The minimum absolute atomic E-state index is 0.0987. The van der Waals surface area contributed by atoms with Gasteiger partial charge in [-0.15, -0.1) is 0 Å². The van der Waals surface area contributed by atoms with Crippen LogP contribution in [0.4, 0.5) is 4.79 Å². The van der Waals surface area contributed by atoms with Gasteiger partial charge in [0.25, 0.3) is 0 Å². The van der Waals surface area contributed by atoms with Crippen molar-refractivity contribution in [3.8, 4) is 11.5 Å². The summed E-state index contributed by atoms with van der Waals surface area (Å²) in [6, 6.07) is 5.62. The van der Waals surface area contributed by atoms with E-state index in [0.717, 1.165) is 12.1 Å². The van der Waals surface area contributed by atoms with Gasteiger partial charge in [-0.25, -0.2) is 4.79 Å². The molecule has 0 spiro atoms. The van der Waals surface area contributed by atoms with Crippen LogP contribution < -0.4 is 14.8 Å². The van der Waals surface area contributed by atoms with E-state index >= 15 is 0 Å². The van der Waals surface area contributed by atoms with Gasteiger partial charge >= 0.3 is 6.09 Å². The molecule has 0 saturated carbocycles. The number of hydrogen-bond acceptors (Lipinski definition) is 5. The Labute approximate surface area is 137 Å². The van der Waals surface area contributed by atoms with Gasteiger partial charge in [0, 0.05) is 19.6 Å². The smallest absolute Gasteiger partial charge is 0.410 e. The van der Waals surface area contributed by atoms with Gasteiger partial charge in [-0.1, -0.05) is 6.07 Å². The van der Waals surface area contributed by atoms with Crippen LogP contribution in [0.15, 0.2) is 18.2 Å². The molecule has 0 unspecified atom stereocenters. The summed E-state index contributed by atoms with van der Waals surface area (Å²) in [4.78, 5) is 14.3. The molecule has 128 valence electrons. The van der Waals surface area contributed by atoms with Crippen molar-refractivity contribution in [3.05, 3.63) is 23.8 Å². The second kappa shape index (κ2) is 7.08. The van der Waals surface area contributed by atoms with E-state index in [1.54, 1.807) is 19.1 Å². The molecule has 6 heteroatoms. The molecular weight excluding hydrogens is 296 g/mol. The Morgan fingerprint density at radius 3 is 2.52 bits per heavy atom. The number of piperazine rings is 1. The van der Waals surface area contributed by atoms with Gasteiger partial charge in [-0.3, -0.25) is 4.90 Å². The lowest BCUT2D eigenvalue weighted by Gasteiger charge is -2.37. The van der Waals surface area contributed by atoms with Gasteiger partial charge in [0.05, 0.1) is 20.3 Å². The topological polar surface area (TPSA) is 60.0 Å². The van der Waals surface area contributed by atoms with Crippen LogP contribution in [0.5, 0.6) is 11.5 Å². The largest absolute Gasteiger partial charge is 0.493 e. The zero-order valence-electron chi connectivity index (χ0n) is 14.5. The number of methoxy groups -OCH3 is 2. The number of benzene rings is 1. The maximum Gasteiger partial charge on any atom is 0.410 e. The first kappa shape index (κ1) is 17.4. The van der Waals surface area contributed by atoms with Crippen molar-refractivity contribution >= 4 is 6.09 Å². The number of ether oxygens (including phenoxy) is 3. The molecule has 1 aromatic carbocycles. The van der Waals surface area contributed by atoms with Crippen LogP contribution in [-0.2, 0) is 4.74 Å². The summed E-state index contributed by atoms with van der Waals surface area (Å²) in [6.07, 6.45) is -0.293. The molecule has 0 bridgehead atoms. The molecule has 6 nitrogen and oxygen atoms in total. The molecule has 2 rings (SSSR count). The molecule has 1 fully saturated rings. The highest BCUT2D eigenvalue weighted by atomic mass is 16.6. The van der Waals surface area contributed by atoms with E-state index in [2.05, 4.69) is 5.32 Å². The van der Waals surface area contributed by atoms with E-state index in [9.17, 15) is 4.79 Å². The number of carbonyl (C=O) groups excluding carboxylic acids is 1. The van der Waals surface area contributed by atoms with Gasteiger partial charge in [0.2, 0.25) is 0 Å². The van der Waals surface area contributed by atoms with Gasteiger partial charge in [-0.05, 0) is 38.5 Å². The summed E-state index contributed by atoms with van der Waals surface area (Å²) in [5.74, 6) is 1.32. The third-order valence-corrected chi connectivity index (χ3v) is 3.66. The number of nitrogens with one attached hydrogen (secondary N) is 1. The van der Waals surface area contributed by atoms with Crippen molar-refractivity contribution in [2.75, 3.05) is 33.9 Å². The average molecular weight is 322 g/mol. The van der Waals surface area contributed by atoms with Crippen LogP contribution in [0.3, 0.4) is 0 Å². The first-order valence-electron chi connectivity index (χ1n) is 7.78. The third-order valence-electron chi connectivity index (χ3n) is 3.66. The minimum atomic E-state index is -0.510. The second-order valence-electron chi connectivity index (χ2n) is 6.51. The highest BCUT2D eigenvalue weighted by Gasteiger charge is 2.31. The Balaban J connectivity index is 2.26. The van der Waals surface area contributed by atoms with E-state index < -0.39 is 5.60 Å². The van der Waals surface area contributed by atoms with Gasteiger partial charge in [0.1, 0.15) is 5.60 Å². The first-order valence-corrected chi connectivity index (χ1v) is 7.78. The molecule has 1 amide bonds. The maximum absolute atomic E-state index is 12.5. The van der Waals surface area contributed by atoms with Crippen molar-refractivity contribution in [2.45, 2.75) is 32.4 Å². The Morgan fingerprint density at radius 2 is 1.91 bits per heavy atom. The van der Waals surface area contributed by atoms with E-state index in [4.69, 9.17) is 14.2 Å². The zero-order valence-corrected chi connectivity index (χ0v) is 14.5. The SMILES string of the molecule is COc1ccc([C@H]2CNCCN2C(=O)OC(C)(C)C)cc1OC. The predicted octanol–water partition coefficient (Wildman–Crippen LogP) is 2.59. The third kappa shape index (κ3) is 4.28. The van der Waals surface area contributed by atoms with Gasteiger partial charge in [-0.2, -0.15) is 0 Å². The molecular formula is C17H26N2O4. The minimum Gasteiger partial charge on any atom is -0.493 e. The molecule has 1 aliphatic rings. The monoisotopic (exact) mass is 322 g/mol. The van der Waals surface area contributed by atoms with Gasteiger partial charge < -0.3 is 19.5 Å². The highest BCUT2D eigenvalue weighted by molar-refractivity contribution is 5.69. The molecule has 0 radical (unpaired) electrons. The average Bonchev–Trinajstić information content (AvgIpc) is 2.52. The number of amides is 1. The molecule has 0 aliphatic carbocycles. The van der Waals surface area contributed by atoms with Crippen molar-refractivity contribution < 1.29 is 19.0 Å². The van der Waals surface area contributed by atoms with Gasteiger partial charge in [0.15, 0.2) is 11.5 Å². The lowest BCUT2D eigenvalue weighted by Crippen LogP contribution is -2.50. The van der Waals surface area contributed by atoms with Crippen LogP contribution in [0.25, 0.3) is 0 Å². The Kier molecular flexibility index (Phi) is 5.36. The molecule has 0 aromatic heterocycles. The predicted molar refractivity (Wildman–Crippen MR) is 88.1 cm³/mol. The Morgan fingerprint density at radius 1 is 1.22 bits per heavy atom. The molecule has 1 saturated heterocycles. The fourth-order valence-electron chi connectivity index (χ4n) is 2.60. The molecule has 1 aliphatic heterocycles. The van der Waals surface area contributed by atoms with Crippen molar-refractivity contribution in [1.29, 1.82) is 0 Å². The fourth-order valence-corrected chi connectivity index (χ4v) is 2.60. The van der Waals surface area contributed by atoms with Crippen LogP contribution in [-0.4, -0.2) is 50.4 Å². The lowest BCUT2D eigenvalue weighted by atomic mass is 10.0. The summed E-state index contributed by atoms with van der Waals surface area (Å²) in [7, 11) is 3.21. The van der Waals surface area contributed by atoms with Crippen LogP contribution >= 0.6 is 0 Å². The number of nitrogens with zero attached hydrogens (tertiary/aromatic N) is 1. The molecule has 23 heavy (non-hydrogen) atoms. The molecule has 1 aromatic rings. The van der Waals surface area contributed by atoms with Crippen molar-refractivity contribution in [1.82, 2.24) is 10.2 Å². The van der Waals surface area contributed by atoms with E-state index in [1.165, 1.54) is 0 Å². The fraction of sp³-hybridized carbons (Fsp3) is 0.588. The molecule has 1 heterocycles. The molecule has 1 N–H and O–H groups in total. The van der Waals surface area contributed by atoms with E-state index in [1.807, 2.05) is 39.0 Å². The number of carbonyl (C=O) groups is 1. The summed E-state index contributed by atoms with van der Waals surface area (Å²) in [5.41, 5.74) is 0.477. The van der Waals surface area contributed by atoms with E-state index in [-0.39, 0.29) is 12.1 Å². The van der Waals surface area contributed by atoms with Crippen LogP contribution in [0.1, 0.15) is 32.4 Å². The van der Waals surface area contributed by atoms with Crippen LogP contribution in [0.2, 0.25) is 0 Å². The lowest BCUT2D eigenvalue weighted by molar-refractivity contribution is 0.0117. The highest BCUT2D eigenvalue weighted by Crippen LogP contribution is 2.33. The van der Waals surface area contributed by atoms with Crippen molar-refractivity contribution in [2.24, 2.45) is 0 Å². The van der Waals surface area contributed by atoms with Crippen molar-refractivity contribution in [3.63, 3.8) is 0 Å². The summed E-state index contributed by atoms with van der Waals surface area (Å²) < 4.78 is 16.2. The van der Waals surface area contributed by atoms with E-state index in [0.29, 0.717) is 24.6 Å². The first-order chi connectivity index (χ1) is 10.9.